The van der Waals surface area contributed by atoms with E-state index in [-0.39, 0.29) is 6.04 Å². The lowest BCUT2D eigenvalue weighted by Crippen LogP contribution is -2.21. The second-order valence-electron chi connectivity index (χ2n) is 5.18. The highest BCUT2D eigenvalue weighted by atomic mass is 15.2. The summed E-state index contributed by atoms with van der Waals surface area (Å²) in [6.07, 6.45) is 13.4. The summed E-state index contributed by atoms with van der Waals surface area (Å²) >= 11 is 0. The van der Waals surface area contributed by atoms with Crippen LogP contribution >= 0.6 is 0 Å². The maximum atomic E-state index is 4.40. The number of aryl methyl sites for hydroxylation is 2. The summed E-state index contributed by atoms with van der Waals surface area (Å²) in [4.78, 5) is 4.21. The molecule has 0 saturated carbocycles. The van der Waals surface area contributed by atoms with Gasteiger partial charge in [0, 0.05) is 37.2 Å². The molecule has 0 amide bonds. The lowest BCUT2D eigenvalue weighted by molar-refractivity contribution is 0.518. The summed E-state index contributed by atoms with van der Waals surface area (Å²) < 4.78 is 3.72. The summed E-state index contributed by atoms with van der Waals surface area (Å²) in [7, 11) is 1.95. The average molecular weight is 284 g/mol. The summed E-state index contributed by atoms with van der Waals surface area (Å²) in [6, 6.07) is 0.275. The van der Waals surface area contributed by atoms with E-state index < -0.39 is 0 Å². The van der Waals surface area contributed by atoms with E-state index in [1.165, 1.54) is 11.1 Å². The molecule has 0 aliphatic heterocycles. The standard InChI is InChI=1S/C15H20N6/c1-3-17-14(5-4-12-8-18-20(2)11-12)13-9-19-21-7-6-16-10-15(13)21/h6-11,14,17H,3-5H2,1-2H3. The molecule has 0 aromatic carbocycles. The molecule has 1 N–H and O–H groups in total. The van der Waals surface area contributed by atoms with Crippen molar-refractivity contribution < 1.29 is 0 Å². The van der Waals surface area contributed by atoms with Gasteiger partial charge in [0.05, 0.1) is 24.1 Å². The lowest BCUT2D eigenvalue weighted by atomic mass is 10.0. The number of rotatable bonds is 6. The monoisotopic (exact) mass is 284 g/mol. The first kappa shape index (κ1) is 13.8. The van der Waals surface area contributed by atoms with E-state index in [1.807, 2.05) is 41.0 Å². The first-order chi connectivity index (χ1) is 10.3. The SMILES string of the molecule is CCNC(CCc1cnn(C)c1)c1cnn2ccncc12. The number of nitrogens with one attached hydrogen (secondary N) is 1. The van der Waals surface area contributed by atoms with Crippen molar-refractivity contribution in [3.8, 4) is 0 Å². The molecule has 6 heteroatoms. The largest absolute Gasteiger partial charge is 0.310 e. The van der Waals surface area contributed by atoms with Crippen LogP contribution in [0.25, 0.3) is 5.52 Å². The maximum Gasteiger partial charge on any atom is 0.0892 e. The predicted octanol–water partition coefficient (Wildman–Crippen LogP) is 1.75. The smallest absolute Gasteiger partial charge is 0.0892 e. The van der Waals surface area contributed by atoms with Gasteiger partial charge in [-0.25, -0.2) is 4.52 Å². The fraction of sp³-hybridized carbons (Fsp3) is 0.400. The van der Waals surface area contributed by atoms with E-state index >= 15 is 0 Å². The predicted molar refractivity (Wildman–Crippen MR) is 80.9 cm³/mol. The molecule has 0 fully saturated rings. The zero-order valence-electron chi connectivity index (χ0n) is 12.4. The van der Waals surface area contributed by atoms with Crippen LogP contribution in [-0.2, 0) is 13.5 Å². The van der Waals surface area contributed by atoms with E-state index in [0.29, 0.717) is 0 Å². The van der Waals surface area contributed by atoms with Gasteiger partial charge in [-0.3, -0.25) is 9.67 Å². The van der Waals surface area contributed by atoms with Crippen molar-refractivity contribution in [1.82, 2.24) is 29.7 Å². The molecule has 3 rings (SSSR count). The van der Waals surface area contributed by atoms with Gasteiger partial charge in [-0.1, -0.05) is 6.92 Å². The van der Waals surface area contributed by atoms with Crippen LogP contribution < -0.4 is 5.32 Å². The molecule has 0 radical (unpaired) electrons. The molecule has 3 aromatic rings. The summed E-state index contributed by atoms with van der Waals surface area (Å²) in [5.41, 5.74) is 3.53. The highest BCUT2D eigenvalue weighted by Crippen LogP contribution is 2.23. The zero-order chi connectivity index (χ0) is 14.7. The van der Waals surface area contributed by atoms with Crippen LogP contribution in [0.4, 0.5) is 0 Å². The van der Waals surface area contributed by atoms with Gasteiger partial charge in [0.2, 0.25) is 0 Å². The number of hydrogen-bond donors (Lipinski definition) is 1. The summed E-state index contributed by atoms with van der Waals surface area (Å²) in [5, 5.41) is 12.2. The van der Waals surface area contributed by atoms with Gasteiger partial charge < -0.3 is 5.32 Å². The van der Waals surface area contributed by atoms with Crippen LogP contribution in [0.15, 0.2) is 37.2 Å². The molecule has 0 aliphatic rings. The van der Waals surface area contributed by atoms with Crippen molar-refractivity contribution in [2.45, 2.75) is 25.8 Å². The average Bonchev–Trinajstić information content (AvgIpc) is 3.10. The molecule has 0 bridgehead atoms. The third-order valence-electron chi connectivity index (χ3n) is 3.66. The molecular weight excluding hydrogens is 264 g/mol. The summed E-state index contributed by atoms with van der Waals surface area (Å²) in [6.45, 7) is 3.05. The molecule has 0 aliphatic carbocycles. The molecule has 3 heterocycles. The van der Waals surface area contributed by atoms with Gasteiger partial charge in [0.25, 0.3) is 0 Å². The minimum atomic E-state index is 0.275. The molecule has 0 spiro atoms. The Hall–Kier alpha value is -2.21. The topological polar surface area (TPSA) is 60.0 Å². The Morgan fingerprint density at radius 3 is 2.90 bits per heavy atom. The van der Waals surface area contributed by atoms with Gasteiger partial charge in [-0.05, 0) is 24.9 Å². The van der Waals surface area contributed by atoms with Crippen molar-refractivity contribution in [2.24, 2.45) is 7.05 Å². The number of nitrogens with zero attached hydrogens (tertiary/aromatic N) is 5. The van der Waals surface area contributed by atoms with Gasteiger partial charge in [-0.2, -0.15) is 10.2 Å². The zero-order valence-corrected chi connectivity index (χ0v) is 12.4. The first-order valence-electron chi connectivity index (χ1n) is 7.26. The van der Waals surface area contributed by atoms with E-state index in [1.54, 1.807) is 6.20 Å². The van der Waals surface area contributed by atoms with Crippen molar-refractivity contribution in [3.05, 3.63) is 48.3 Å². The second kappa shape index (κ2) is 6.05. The van der Waals surface area contributed by atoms with Crippen LogP contribution in [0.3, 0.4) is 0 Å². The van der Waals surface area contributed by atoms with Gasteiger partial charge in [-0.15, -0.1) is 0 Å². The van der Waals surface area contributed by atoms with E-state index in [9.17, 15) is 0 Å². The molecule has 1 unspecified atom stereocenters. The highest BCUT2D eigenvalue weighted by Gasteiger charge is 2.16. The fourth-order valence-corrected chi connectivity index (χ4v) is 2.65. The van der Waals surface area contributed by atoms with Gasteiger partial charge >= 0.3 is 0 Å². The molecule has 21 heavy (non-hydrogen) atoms. The highest BCUT2D eigenvalue weighted by molar-refractivity contribution is 5.53. The minimum Gasteiger partial charge on any atom is -0.310 e. The first-order valence-corrected chi connectivity index (χ1v) is 7.26. The Labute approximate surface area is 123 Å². The van der Waals surface area contributed by atoms with Gasteiger partial charge in [0.1, 0.15) is 0 Å². The van der Waals surface area contributed by atoms with Crippen LogP contribution in [0.1, 0.15) is 30.5 Å². The number of fused-ring (bicyclic) bond motifs is 1. The number of hydrogen-bond acceptors (Lipinski definition) is 4. The normalized spacial score (nSPS) is 12.9. The molecule has 0 saturated heterocycles. The Morgan fingerprint density at radius 1 is 1.24 bits per heavy atom. The van der Waals surface area contributed by atoms with E-state index in [4.69, 9.17) is 0 Å². The quantitative estimate of drug-likeness (QED) is 0.749. The van der Waals surface area contributed by atoms with Crippen LogP contribution in [0.2, 0.25) is 0 Å². The van der Waals surface area contributed by atoms with Crippen LogP contribution in [0, 0.1) is 0 Å². The Bertz CT molecular complexity index is 714. The van der Waals surface area contributed by atoms with E-state index in [2.05, 4.69) is 33.6 Å². The summed E-state index contributed by atoms with van der Waals surface area (Å²) in [5.74, 6) is 0. The fourth-order valence-electron chi connectivity index (χ4n) is 2.65. The Balaban J connectivity index is 1.80. The molecule has 1 atom stereocenters. The lowest BCUT2D eigenvalue weighted by Gasteiger charge is -2.16. The molecular formula is C15H20N6. The second-order valence-corrected chi connectivity index (χ2v) is 5.18. The van der Waals surface area contributed by atoms with Crippen molar-refractivity contribution in [2.75, 3.05) is 6.54 Å². The van der Waals surface area contributed by atoms with Crippen molar-refractivity contribution in [3.63, 3.8) is 0 Å². The Morgan fingerprint density at radius 2 is 2.14 bits per heavy atom. The molecule has 6 nitrogen and oxygen atoms in total. The van der Waals surface area contributed by atoms with Crippen molar-refractivity contribution >= 4 is 5.52 Å². The number of aromatic nitrogens is 5. The molecule has 110 valence electrons. The third-order valence-corrected chi connectivity index (χ3v) is 3.66. The maximum absolute atomic E-state index is 4.40. The third kappa shape index (κ3) is 2.95. The minimum absolute atomic E-state index is 0.275. The van der Waals surface area contributed by atoms with Crippen LogP contribution in [0.5, 0.6) is 0 Å². The molecule has 3 aromatic heterocycles. The van der Waals surface area contributed by atoms with Crippen LogP contribution in [-0.4, -0.2) is 30.9 Å². The Kier molecular flexibility index (Phi) is 3.96. The van der Waals surface area contributed by atoms with Crippen molar-refractivity contribution in [1.29, 1.82) is 0 Å². The van der Waals surface area contributed by atoms with Gasteiger partial charge in [0.15, 0.2) is 0 Å². The van der Waals surface area contributed by atoms with E-state index in [0.717, 1.165) is 24.9 Å².